The number of carbonyl (C=O) groups excluding carboxylic acids is 2. The van der Waals surface area contributed by atoms with E-state index in [4.69, 9.17) is 9.84 Å². The minimum atomic E-state index is -0.885. The zero-order valence-electron chi connectivity index (χ0n) is 22.6. The van der Waals surface area contributed by atoms with Gasteiger partial charge in [-0.3, -0.25) is 14.4 Å². The van der Waals surface area contributed by atoms with Crippen molar-refractivity contribution in [2.45, 2.75) is 84.6 Å². The number of nitrogens with zero attached hydrogens (tertiary/aromatic N) is 2. The van der Waals surface area contributed by atoms with E-state index >= 15 is 0 Å². The quantitative estimate of drug-likeness (QED) is 0.361. The molecule has 2 amide bonds. The third-order valence-electron chi connectivity index (χ3n) is 8.04. The van der Waals surface area contributed by atoms with Crippen molar-refractivity contribution >= 4 is 24.0 Å². The lowest BCUT2D eigenvalue weighted by atomic mass is 9.53. The third kappa shape index (κ3) is 6.54. The standard InChI is InChI=1S/C28H42N4O5/c1-18(2)17-37-25-22(24(35)31-28-13-19-10-20(14-28)12-21(11-19)15-28)16-30-32(25)9-7-27(3,4)26(36)29-8-5-6-23(33)34/h7,9,16,18-21H,5-6,8,10-15,17H2,1-4H3,(H,29,36)(H,31,35)(H,33,34)/b9-7+. The molecule has 5 rings (SSSR count). The van der Waals surface area contributed by atoms with Crippen molar-refractivity contribution in [1.82, 2.24) is 20.4 Å². The first kappa shape index (κ1) is 27.2. The molecular weight excluding hydrogens is 472 g/mol. The van der Waals surface area contributed by atoms with E-state index in [9.17, 15) is 14.4 Å². The first-order valence-corrected chi connectivity index (χ1v) is 13.7. The fourth-order valence-corrected chi connectivity index (χ4v) is 6.58. The Bertz CT molecular complexity index is 1010. The lowest BCUT2D eigenvalue weighted by molar-refractivity contribution is -0.137. The van der Waals surface area contributed by atoms with Gasteiger partial charge in [0.25, 0.3) is 5.91 Å². The molecule has 0 aliphatic heterocycles. The van der Waals surface area contributed by atoms with Crippen LogP contribution in [-0.2, 0) is 9.59 Å². The van der Waals surface area contributed by atoms with Gasteiger partial charge in [-0.05, 0) is 82.5 Å². The van der Waals surface area contributed by atoms with Crippen LogP contribution >= 0.6 is 0 Å². The second-order valence-electron chi connectivity index (χ2n) is 12.5. The number of carbonyl (C=O) groups is 3. The van der Waals surface area contributed by atoms with Crippen LogP contribution < -0.4 is 15.4 Å². The number of carboxylic acids is 1. The van der Waals surface area contributed by atoms with Gasteiger partial charge in [0.15, 0.2) is 0 Å². The maximum absolute atomic E-state index is 13.5. The van der Waals surface area contributed by atoms with Gasteiger partial charge in [-0.15, -0.1) is 0 Å². The Hall–Kier alpha value is -2.84. The maximum Gasteiger partial charge on any atom is 0.303 e. The molecule has 9 nitrogen and oxygen atoms in total. The van der Waals surface area contributed by atoms with E-state index < -0.39 is 11.4 Å². The van der Waals surface area contributed by atoms with Gasteiger partial charge in [-0.1, -0.05) is 19.9 Å². The van der Waals surface area contributed by atoms with Crippen molar-refractivity contribution in [2.24, 2.45) is 29.1 Å². The largest absolute Gasteiger partial charge is 0.481 e. The third-order valence-corrected chi connectivity index (χ3v) is 8.04. The van der Waals surface area contributed by atoms with Crippen LogP contribution in [0, 0.1) is 29.1 Å². The number of hydrogen-bond donors (Lipinski definition) is 3. The van der Waals surface area contributed by atoms with Crippen molar-refractivity contribution in [3.05, 3.63) is 17.8 Å². The fourth-order valence-electron chi connectivity index (χ4n) is 6.58. The Morgan fingerprint density at radius 2 is 1.81 bits per heavy atom. The van der Waals surface area contributed by atoms with Gasteiger partial charge in [0.05, 0.1) is 18.2 Å². The zero-order chi connectivity index (χ0) is 26.8. The molecule has 4 fully saturated rings. The topological polar surface area (TPSA) is 123 Å². The minimum Gasteiger partial charge on any atom is -0.481 e. The fraction of sp³-hybridized carbons (Fsp3) is 0.714. The summed E-state index contributed by atoms with van der Waals surface area (Å²) in [6.07, 6.45) is 12.4. The predicted molar refractivity (Wildman–Crippen MR) is 140 cm³/mol. The Morgan fingerprint density at radius 1 is 1.19 bits per heavy atom. The van der Waals surface area contributed by atoms with Crippen LogP contribution in [0.2, 0.25) is 0 Å². The number of aliphatic carboxylic acids is 1. The highest BCUT2D eigenvalue weighted by atomic mass is 16.5. The van der Waals surface area contributed by atoms with E-state index in [1.165, 1.54) is 23.9 Å². The van der Waals surface area contributed by atoms with E-state index in [-0.39, 0.29) is 29.7 Å². The summed E-state index contributed by atoms with van der Waals surface area (Å²) in [5.41, 5.74) is -0.566. The normalized spacial score (nSPS) is 26.6. The molecule has 4 aliphatic rings. The number of aromatic nitrogens is 2. The molecule has 1 aromatic rings. The summed E-state index contributed by atoms with van der Waals surface area (Å²) in [7, 11) is 0. The Morgan fingerprint density at radius 3 is 2.38 bits per heavy atom. The maximum atomic E-state index is 13.5. The lowest BCUT2D eigenvalue weighted by Crippen LogP contribution is -2.59. The molecule has 204 valence electrons. The van der Waals surface area contributed by atoms with Crippen LogP contribution in [0.4, 0.5) is 0 Å². The smallest absolute Gasteiger partial charge is 0.303 e. The average Bonchev–Trinajstić information content (AvgIpc) is 3.20. The molecule has 9 heteroatoms. The Balaban J connectivity index is 1.47. The number of amides is 2. The average molecular weight is 515 g/mol. The van der Waals surface area contributed by atoms with Crippen LogP contribution in [0.15, 0.2) is 12.3 Å². The van der Waals surface area contributed by atoms with Gasteiger partial charge in [0, 0.05) is 24.7 Å². The minimum absolute atomic E-state index is 0.00841. The van der Waals surface area contributed by atoms with E-state index in [0.717, 1.165) is 37.0 Å². The Kier molecular flexibility index (Phi) is 7.99. The molecule has 0 unspecified atom stereocenters. The number of hydrogen-bond acceptors (Lipinski definition) is 5. The van der Waals surface area contributed by atoms with Crippen molar-refractivity contribution in [3.63, 3.8) is 0 Å². The van der Waals surface area contributed by atoms with Crippen LogP contribution in [0.25, 0.3) is 6.20 Å². The van der Waals surface area contributed by atoms with E-state index in [0.29, 0.717) is 31.0 Å². The highest BCUT2D eigenvalue weighted by Gasteiger charge is 2.51. The molecule has 1 heterocycles. The highest BCUT2D eigenvalue weighted by molar-refractivity contribution is 5.97. The van der Waals surface area contributed by atoms with E-state index in [2.05, 4.69) is 15.7 Å². The van der Waals surface area contributed by atoms with Crippen molar-refractivity contribution in [2.75, 3.05) is 13.2 Å². The van der Waals surface area contributed by atoms with E-state index in [1.807, 2.05) is 13.8 Å². The molecule has 0 aromatic carbocycles. The van der Waals surface area contributed by atoms with Crippen molar-refractivity contribution in [1.29, 1.82) is 0 Å². The van der Waals surface area contributed by atoms with Gasteiger partial charge in [0.2, 0.25) is 11.8 Å². The summed E-state index contributed by atoms with van der Waals surface area (Å²) in [6.45, 7) is 8.36. The molecule has 3 N–H and O–H groups in total. The SMILES string of the molecule is CC(C)COc1c(C(=O)NC23CC4CC(CC(C4)C2)C3)cnn1/C=C/C(C)(C)C(=O)NCCCC(=O)O. The van der Waals surface area contributed by atoms with Gasteiger partial charge >= 0.3 is 5.97 Å². The highest BCUT2D eigenvalue weighted by Crippen LogP contribution is 2.55. The second-order valence-corrected chi connectivity index (χ2v) is 12.5. The van der Waals surface area contributed by atoms with E-state index in [1.54, 1.807) is 32.3 Å². The molecule has 0 radical (unpaired) electrons. The molecule has 37 heavy (non-hydrogen) atoms. The van der Waals surface area contributed by atoms with Gasteiger partial charge in [-0.25, -0.2) is 4.68 Å². The second kappa shape index (κ2) is 10.9. The van der Waals surface area contributed by atoms with Gasteiger partial charge in [0.1, 0.15) is 5.56 Å². The monoisotopic (exact) mass is 514 g/mol. The summed E-state index contributed by atoms with van der Waals surface area (Å²) in [4.78, 5) is 36.9. The first-order valence-electron chi connectivity index (χ1n) is 13.7. The molecule has 1 aromatic heterocycles. The molecular formula is C28H42N4O5. The molecule has 0 saturated heterocycles. The van der Waals surface area contributed by atoms with Crippen LogP contribution in [0.1, 0.15) is 89.4 Å². The summed E-state index contributed by atoms with van der Waals surface area (Å²) in [5, 5.41) is 19.4. The molecule has 0 atom stereocenters. The van der Waals surface area contributed by atoms with Crippen LogP contribution in [0.3, 0.4) is 0 Å². The summed E-state index contributed by atoms with van der Waals surface area (Å²) < 4.78 is 7.60. The number of rotatable bonds is 12. The van der Waals surface area contributed by atoms with Crippen molar-refractivity contribution < 1.29 is 24.2 Å². The van der Waals surface area contributed by atoms with Crippen LogP contribution in [0.5, 0.6) is 5.88 Å². The van der Waals surface area contributed by atoms with Crippen molar-refractivity contribution in [3.8, 4) is 5.88 Å². The number of ether oxygens (including phenoxy) is 1. The number of nitrogens with one attached hydrogen (secondary N) is 2. The van der Waals surface area contributed by atoms with Crippen LogP contribution in [-0.4, -0.2) is 51.4 Å². The zero-order valence-corrected chi connectivity index (χ0v) is 22.6. The lowest BCUT2D eigenvalue weighted by Gasteiger charge is -2.56. The molecule has 4 saturated carbocycles. The predicted octanol–water partition coefficient (Wildman–Crippen LogP) is 4.09. The molecule has 0 spiro atoms. The molecule has 4 aliphatic carbocycles. The summed E-state index contributed by atoms with van der Waals surface area (Å²) in [5.74, 6) is 1.58. The summed E-state index contributed by atoms with van der Waals surface area (Å²) in [6, 6.07) is 0. The van der Waals surface area contributed by atoms with Gasteiger partial charge < -0.3 is 20.5 Å². The van der Waals surface area contributed by atoms with Gasteiger partial charge in [-0.2, -0.15) is 5.10 Å². The summed E-state index contributed by atoms with van der Waals surface area (Å²) >= 11 is 0. The first-order chi connectivity index (χ1) is 17.5. The Labute approximate surface area is 219 Å². The molecule has 4 bridgehead atoms. The number of carboxylic acid groups (broad SMARTS) is 1.